The summed E-state index contributed by atoms with van der Waals surface area (Å²) in [5, 5.41) is 1.07. The fraction of sp³-hybridized carbons (Fsp3) is 0.182. The molecular formula is C11H8Cl2OS. The maximum absolute atomic E-state index is 10.6. The predicted molar refractivity (Wildman–Crippen MR) is 66.5 cm³/mol. The fourth-order valence-electron chi connectivity index (χ4n) is 0.850. The van der Waals surface area contributed by atoms with Gasteiger partial charge in [-0.2, -0.15) is 0 Å². The molecule has 1 aromatic carbocycles. The molecule has 0 aliphatic rings. The lowest BCUT2D eigenvalue weighted by Gasteiger charge is -1.94. The molecule has 0 spiro atoms. The van der Waals surface area contributed by atoms with Crippen LogP contribution in [0.15, 0.2) is 18.2 Å². The zero-order valence-corrected chi connectivity index (χ0v) is 10.3. The molecule has 0 amide bonds. The highest BCUT2D eigenvalue weighted by molar-refractivity contribution is 8.13. The molecule has 1 rings (SSSR count). The van der Waals surface area contributed by atoms with Gasteiger partial charge in [-0.1, -0.05) is 46.8 Å². The zero-order chi connectivity index (χ0) is 11.3. The van der Waals surface area contributed by atoms with Crippen molar-refractivity contribution >= 4 is 40.1 Å². The van der Waals surface area contributed by atoms with Crippen LogP contribution < -0.4 is 0 Å². The van der Waals surface area contributed by atoms with Crippen molar-refractivity contribution in [1.82, 2.24) is 0 Å². The molecular weight excluding hydrogens is 251 g/mol. The van der Waals surface area contributed by atoms with Crippen molar-refractivity contribution in [3.05, 3.63) is 33.8 Å². The Kier molecular flexibility index (Phi) is 5.04. The third-order valence-electron chi connectivity index (χ3n) is 1.50. The number of benzene rings is 1. The summed E-state index contributed by atoms with van der Waals surface area (Å²) < 4.78 is 0. The van der Waals surface area contributed by atoms with Crippen LogP contribution in [-0.2, 0) is 4.79 Å². The minimum Gasteiger partial charge on any atom is -0.288 e. The first kappa shape index (κ1) is 12.4. The lowest BCUT2D eigenvalue weighted by atomic mass is 10.2. The van der Waals surface area contributed by atoms with Gasteiger partial charge in [-0.05, 0) is 18.2 Å². The summed E-state index contributed by atoms with van der Waals surface area (Å²) in [6.45, 7) is 1.52. The third kappa shape index (κ3) is 4.61. The molecule has 0 bridgehead atoms. The highest BCUT2D eigenvalue weighted by Gasteiger charge is 1.96. The molecule has 0 unspecified atom stereocenters. The molecule has 1 aromatic rings. The molecule has 0 saturated heterocycles. The van der Waals surface area contributed by atoms with Crippen molar-refractivity contribution in [3.63, 3.8) is 0 Å². The summed E-state index contributed by atoms with van der Waals surface area (Å²) in [5.41, 5.74) is 0.800. The van der Waals surface area contributed by atoms with Crippen molar-refractivity contribution in [3.8, 4) is 11.8 Å². The summed E-state index contributed by atoms with van der Waals surface area (Å²) in [7, 11) is 0. The van der Waals surface area contributed by atoms with Gasteiger partial charge in [-0.3, -0.25) is 4.79 Å². The Bertz CT molecular complexity index is 432. The van der Waals surface area contributed by atoms with Gasteiger partial charge in [0, 0.05) is 12.5 Å². The van der Waals surface area contributed by atoms with Gasteiger partial charge in [0.25, 0.3) is 0 Å². The van der Waals surface area contributed by atoms with Gasteiger partial charge < -0.3 is 0 Å². The SMILES string of the molecule is CC(=O)SCC#Cc1ccc(Cl)c(Cl)c1. The molecule has 0 atom stereocenters. The number of carbonyl (C=O) groups is 1. The van der Waals surface area contributed by atoms with E-state index in [9.17, 15) is 4.79 Å². The molecule has 15 heavy (non-hydrogen) atoms. The van der Waals surface area contributed by atoms with E-state index in [1.165, 1.54) is 18.7 Å². The second-order valence-corrected chi connectivity index (χ2v) is 4.68. The minimum absolute atomic E-state index is 0.0680. The molecule has 0 aliphatic carbocycles. The Morgan fingerprint density at radius 3 is 2.73 bits per heavy atom. The molecule has 0 N–H and O–H groups in total. The van der Waals surface area contributed by atoms with Gasteiger partial charge >= 0.3 is 0 Å². The van der Waals surface area contributed by atoms with Crippen LogP contribution in [0.4, 0.5) is 0 Å². The van der Waals surface area contributed by atoms with E-state index in [1.807, 2.05) is 0 Å². The second-order valence-electron chi connectivity index (χ2n) is 2.71. The van der Waals surface area contributed by atoms with Gasteiger partial charge in [0.1, 0.15) is 0 Å². The first-order chi connectivity index (χ1) is 7.09. The van der Waals surface area contributed by atoms with E-state index in [1.54, 1.807) is 18.2 Å². The van der Waals surface area contributed by atoms with E-state index >= 15 is 0 Å². The Labute approximate surface area is 103 Å². The van der Waals surface area contributed by atoms with E-state index in [0.717, 1.165) is 5.56 Å². The Balaban J connectivity index is 2.64. The molecule has 0 aromatic heterocycles. The molecule has 78 valence electrons. The number of thioether (sulfide) groups is 1. The maximum atomic E-state index is 10.6. The molecule has 0 aliphatic heterocycles. The summed E-state index contributed by atoms with van der Waals surface area (Å²) in [4.78, 5) is 10.6. The molecule has 0 radical (unpaired) electrons. The predicted octanol–water partition coefficient (Wildman–Crippen LogP) is 3.62. The maximum Gasteiger partial charge on any atom is 0.186 e. The number of halogens is 2. The highest BCUT2D eigenvalue weighted by Crippen LogP contribution is 2.22. The Morgan fingerprint density at radius 1 is 1.40 bits per heavy atom. The molecule has 0 fully saturated rings. The molecule has 0 saturated carbocycles. The van der Waals surface area contributed by atoms with E-state index < -0.39 is 0 Å². The highest BCUT2D eigenvalue weighted by atomic mass is 35.5. The summed E-state index contributed by atoms with van der Waals surface area (Å²) >= 11 is 12.8. The number of hydrogen-bond acceptors (Lipinski definition) is 2. The smallest absolute Gasteiger partial charge is 0.186 e. The number of rotatable bonds is 1. The van der Waals surface area contributed by atoms with Gasteiger partial charge in [0.15, 0.2) is 5.12 Å². The van der Waals surface area contributed by atoms with E-state index in [4.69, 9.17) is 23.2 Å². The largest absolute Gasteiger partial charge is 0.288 e. The van der Waals surface area contributed by atoms with Crippen LogP contribution in [0.25, 0.3) is 0 Å². The zero-order valence-electron chi connectivity index (χ0n) is 8.01. The van der Waals surface area contributed by atoms with Gasteiger partial charge in [0.05, 0.1) is 15.8 Å². The van der Waals surface area contributed by atoms with E-state index in [-0.39, 0.29) is 5.12 Å². The van der Waals surface area contributed by atoms with Crippen LogP contribution in [0.2, 0.25) is 10.0 Å². The normalized spacial score (nSPS) is 9.27. The van der Waals surface area contributed by atoms with Crippen LogP contribution in [0.1, 0.15) is 12.5 Å². The summed E-state index contributed by atoms with van der Waals surface area (Å²) in [6.07, 6.45) is 0. The Hall–Kier alpha value is -0.620. The first-order valence-electron chi connectivity index (χ1n) is 4.17. The standard InChI is InChI=1S/C11H8Cl2OS/c1-8(14)15-6-2-3-9-4-5-10(12)11(13)7-9/h4-5,7H,6H2,1H3. The topological polar surface area (TPSA) is 17.1 Å². The van der Waals surface area contributed by atoms with Gasteiger partial charge in [-0.25, -0.2) is 0 Å². The van der Waals surface area contributed by atoms with Crippen LogP contribution in [0.5, 0.6) is 0 Å². The van der Waals surface area contributed by atoms with Crippen molar-refractivity contribution in [2.24, 2.45) is 0 Å². The monoisotopic (exact) mass is 258 g/mol. The quantitative estimate of drug-likeness (QED) is 0.716. The van der Waals surface area contributed by atoms with Crippen LogP contribution in [0, 0.1) is 11.8 Å². The lowest BCUT2D eigenvalue weighted by Crippen LogP contribution is -1.82. The third-order valence-corrected chi connectivity index (χ3v) is 2.93. The number of hydrogen-bond donors (Lipinski definition) is 0. The first-order valence-corrected chi connectivity index (χ1v) is 5.91. The van der Waals surface area contributed by atoms with E-state index in [0.29, 0.717) is 15.8 Å². The van der Waals surface area contributed by atoms with Gasteiger partial charge in [0.2, 0.25) is 0 Å². The Morgan fingerprint density at radius 2 is 2.13 bits per heavy atom. The van der Waals surface area contributed by atoms with Crippen molar-refractivity contribution < 1.29 is 4.79 Å². The minimum atomic E-state index is 0.0680. The summed E-state index contributed by atoms with van der Waals surface area (Å²) in [5.74, 6) is 6.27. The fourth-order valence-corrected chi connectivity index (χ4v) is 1.50. The van der Waals surface area contributed by atoms with Crippen molar-refractivity contribution in [2.75, 3.05) is 5.75 Å². The molecule has 1 nitrogen and oxygen atoms in total. The van der Waals surface area contributed by atoms with Crippen LogP contribution in [0.3, 0.4) is 0 Å². The van der Waals surface area contributed by atoms with Crippen LogP contribution >= 0.6 is 35.0 Å². The van der Waals surface area contributed by atoms with Crippen molar-refractivity contribution in [2.45, 2.75) is 6.92 Å². The number of carbonyl (C=O) groups excluding carboxylic acids is 1. The van der Waals surface area contributed by atoms with Crippen molar-refractivity contribution in [1.29, 1.82) is 0 Å². The summed E-state index contributed by atoms with van der Waals surface area (Å²) in [6, 6.07) is 5.20. The lowest BCUT2D eigenvalue weighted by molar-refractivity contribution is -0.109. The van der Waals surface area contributed by atoms with Gasteiger partial charge in [-0.15, -0.1) is 0 Å². The average Bonchev–Trinajstić information content (AvgIpc) is 2.18. The van der Waals surface area contributed by atoms with E-state index in [2.05, 4.69) is 11.8 Å². The molecule has 0 heterocycles. The second kappa shape index (κ2) is 6.07. The average molecular weight is 259 g/mol. The molecule has 4 heteroatoms. The van der Waals surface area contributed by atoms with Crippen LogP contribution in [-0.4, -0.2) is 10.9 Å².